The summed E-state index contributed by atoms with van der Waals surface area (Å²) in [4.78, 5) is 7.80. The van der Waals surface area contributed by atoms with Gasteiger partial charge in [0.1, 0.15) is 6.07 Å². The zero-order chi connectivity index (χ0) is 13.0. The zero-order valence-electron chi connectivity index (χ0n) is 9.62. The van der Waals surface area contributed by atoms with Gasteiger partial charge in [0.15, 0.2) is 11.5 Å². The van der Waals surface area contributed by atoms with E-state index >= 15 is 0 Å². The normalized spacial score (nSPS) is 9.56. The molecule has 6 nitrogen and oxygen atoms in total. The van der Waals surface area contributed by atoms with Crippen LogP contribution < -0.4 is 15.2 Å². The van der Waals surface area contributed by atoms with Crippen molar-refractivity contribution in [3.8, 4) is 23.4 Å². The molecule has 0 saturated carbocycles. The third-order valence-electron chi connectivity index (χ3n) is 2.16. The van der Waals surface area contributed by atoms with E-state index < -0.39 is 0 Å². The number of hydrogen-bond donors (Lipinski definition) is 1. The van der Waals surface area contributed by atoms with Crippen molar-refractivity contribution >= 4 is 5.69 Å². The van der Waals surface area contributed by atoms with Crippen molar-refractivity contribution in [3.63, 3.8) is 0 Å². The Balaban J connectivity index is 2.37. The Bertz CT molecular complexity index is 607. The molecule has 1 aromatic heterocycles. The van der Waals surface area contributed by atoms with Crippen LogP contribution in [0.15, 0.2) is 30.6 Å². The van der Waals surface area contributed by atoms with E-state index in [0.717, 1.165) is 0 Å². The lowest BCUT2D eigenvalue weighted by Crippen LogP contribution is -1.97. The molecule has 0 atom stereocenters. The summed E-state index contributed by atoms with van der Waals surface area (Å²) in [6.45, 7) is 0. The average Bonchev–Trinajstić information content (AvgIpc) is 2.41. The lowest BCUT2D eigenvalue weighted by molar-refractivity contribution is 0.373. The van der Waals surface area contributed by atoms with E-state index in [1.807, 2.05) is 6.07 Å². The van der Waals surface area contributed by atoms with E-state index in [1.165, 1.54) is 19.5 Å². The van der Waals surface area contributed by atoms with Crippen LogP contribution in [0.2, 0.25) is 0 Å². The Morgan fingerprint density at radius 2 is 2.00 bits per heavy atom. The molecule has 6 heteroatoms. The number of nitrogens with two attached hydrogens (primary N) is 1. The number of nitrogens with zero attached hydrogens (tertiary/aromatic N) is 3. The second-order valence-corrected chi connectivity index (χ2v) is 3.33. The number of rotatable bonds is 3. The predicted molar refractivity (Wildman–Crippen MR) is 64.2 cm³/mol. The van der Waals surface area contributed by atoms with Gasteiger partial charge in [0.25, 0.3) is 5.88 Å². The molecule has 0 spiro atoms. The van der Waals surface area contributed by atoms with Crippen molar-refractivity contribution in [1.29, 1.82) is 5.26 Å². The predicted octanol–water partition coefficient (Wildman–Crippen LogP) is 1.73. The Kier molecular flexibility index (Phi) is 3.25. The lowest BCUT2D eigenvalue weighted by Gasteiger charge is -2.10. The van der Waals surface area contributed by atoms with Crippen molar-refractivity contribution in [3.05, 3.63) is 36.3 Å². The maximum atomic E-state index is 8.88. The number of aromatic nitrogens is 2. The summed E-state index contributed by atoms with van der Waals surface area (Å²) in [5, 5.41) is 8.88. The number of hydrogen-bond acceptors (Lipinski definition) is 6. The fourth-order valence-electron chi connectivity index (χ4n) is 1.35. The van der Waals surface area contributed by atoms with Crippen molar-refractivity contribution in [2.75, 3.05) is 12.8 Å². The molecule has 2 N–H and O–H groups in total. The van der Waals surface area contributed by atoms with Crippen LogP contribution in [0.3, 0.4) is 0 Å². The first-order valence-electron chi connectivity index (χ1n) is 5.07. The van der Waals surface area contributed by atoms with E-state index in [9.17, 15) is 0 Å². The minimum absolute atomic E-state index is 0.108. The second-order valence-electron chi connectivity index (χ2n) is 3.33. The van der Waals surface area contributed by atoms with Crippen LogP contribution in [-0.2, 0) is 0 Å². The van der Waals surface area contributed by atoms with Gasteiger partial charge in [-0.1, -0.05) is 0 Å². The monoisotopic (exact) mass is 242 g/mol. The summed E-state index contributed by atoms with van der Waals surface area (Å²) in [6.07, 6.45) is 2.87. The van der Waals surface area contributed by atoms with Crippen LogP contribution in [-0.4, -0.2) is 17.1 Å². The summed E-state index contributed by atoms with van der Waals surface area (Å²) < 4.78 is 10.6. The Hall–Kier alpha value is -2.81. The molecule has 0 aliphatic carbocycles. The topological polar surface area (TPSA) is 94.1 Å². The molecule has 90 valence electrons. The van der Waals surface area contributed by atoms with E-state index in [0.29, 0.717) is 17.2 Å². The third kappa shape index (κ3) is 2.30. The number of benzene rings is 1. The minimum atomic E-state index is 0.108. The molecule has 1 heterocycles. The van der Waals surface area contributed by atoms with Gasteiger partial charge >= 0.3 is 0 Å². The number of methoxy groups -OCH3 is 1. The van der Waals surface area contributed by atoms with Gasteiger partial charge in [0, 0.05) is 24.1 Å². The summed E-state index contributed by atoms with van der Waals surface area (Å²) in [5.74, 6) is 1.01. The van der Waals surface area contributed by atoms with E-state index in [1.54, 1.807) is 18.2 Å². The fourth-order valence-corrected chi connectivity index (χ4v) is 1.35. The maximum absolute atomic E-state index is 8.88. The zero-order valence-corrected chi connectivity index (χ0v) is 9.62. The Labute approximate surface area is 104 Å². The molecule has 0 unspecified atom stereocenters. The summed E-state index contributed by atoms with van der Waals surface area (Å²) in [7, 11) is 1.50. The quantitative estimate of drug-likeness (QED) is 0.823. The highest BCUT2D eigenvalue weighted by Crippen LogP contribution is 2.32. The van der Waals surface area contributed by atoms with Gasteiger partial charge in [0.05, 0.1) is 7.11 Å². The van der Waals surface area contributed by atoms with E-state index in [2.05, 4.69) is 9.97 Å². The van der Waals surface area contributed by atoms with Crippen LogP contribution in [0.25, 0.3) is 0 Å². The molecule has 18 heavy (non-hydrogen) atoms. The Morgan fingerprint density at radius 3 is 2.72 bits per heavy atom. The molecule has 2 rings (SSSR count). The molecule has 0 saturated heterocycles. The number of nitriles is 1. The first-order chi connectivity index (χ1) is 8.74. The molecule has 0 amide bonds. The van der Waals surface area contributed by atoms with Gasteiger partial charge in [-0.25, -0.2) is 9.97 Å². The van der Waals surface area contributed by atoms with Gasteiger partial charge in [-0.3, -0.25) is 0 Å². The van der Waals surface area contributed by atoms with Crippen LogP contribution in [0.1, 0.15) is 5.69 Å². The minimum Gasteiger partial charge on any atom is -0.493 e. The fraction of sp³-hybridized carbons (Fsp3) is 0.0833. The van der Waals surface area contributed by atoms with Gasteiger partial charge in [-0.15, -0.1) is 0 Å². The first kappa shape index (κ1) is 11.7. The number of nitrogen functional groups attached to an aromatic ring is 1. The third-order valence-corrected chi connectivity index (χ3v) is 2.16. The highest BCUT2D eigenvalue weighted by molar-refractivity contribution is 5.53. The van der Waals surface area contributed by atoms with Crippen molar-refractivity contribution in [2.24, 2.45) is 0 Å². The average molecular weight is 242 g/mol. The van der Waals surface area contributed by atoms with Gasteiger partial charge in [-0.2, -0.15) is 5.26 Å². The number of anilines is 1. The largest absolute Gasteiger partial charge is 0.493 e. The maximum Gasteiger partial charge on any atom is 0.256 e. The smallest absolute Gasteiger partial charge is 0.256 e. The van der Waals surface area contributed by atoms with Crippen LogP contribution >= 0.6 is 0 Å². The van der Waals surface area contributed by atoms with E-state index in [4.69, 9.17) is 20.5 Å². The van der Waals surface area contributed by atoms with Gasteiger partial charge in [-0.05, 0) is 12.1 Å². The van der Waals surface area contributed by atoms with Gasteiger partial charge < -0.3 is 15.2 Å². The summed E-state index contributed by atoms with van der Waals surface area (Å²) >= 11 is 0. The van der Waals surface area contributed by atoms with Crippen LogP contribution in [0.5, 0.6) is 17.4 Å². The molecular formula is C12H10N4O2. The molecule has 0 aliphatic rings. The molecular weight excluding hydrogens is 232 g/mol. The standard InChI is InChI=1S/C12H10N4O2/c1-17-11-6-8(14)2-3-10(11)18-12-9(7-13)15-4-5-16-12/h2-6H,14H2,1H3. The molecule has 0 fully saturated rings. The first-order valence-corrected chi connectivity index (χ1v) is 5.07. The van der Waals surface area contributed by atoms with Crippen LogP contribution in [0, 0.1) is 11.3 Å². The SMILES string of the molecule is COc1cc(N)ccc1Oc1nccnc1C#N. The summed E-state index contributed by atoms with van der Waals surface area (Å²) in [5.41, 5.74) is 6.30. The molecule has 1 aromatic carbocycles. The van der Waals surface area contributed by atoms with E-state index in [-0.39, 0.29) is 11.6 Å². The number of ether oxygens (including phenoxy) is 2. The molecule has 0 bridgehead atoms. The highest BCUT2D eigenvalue weighted by atomic mass is 16.5. The lowest BCUT2D eigenvalue weighted by atomic mass is 10.3. The van der Waals surface area contributed by atoms with Crippen molar-refractivity contribution < 1.29 is 9.47 Å². The Morgan fingerprint density at radius 1 is 1.22 bits per heavy atom. The van der Waals surface area contributed by atoms with Gasteiger partial charge in [0.2, 0.25) is 5.69 Å². The van der Waals surface area contributed by atoms with Crippen LogP contribution in [0.4, 0.5) is 5.69 Å². The summed E-state index contributed by atoms with van der Waals surface area (Å²) in [6, 6.07) is 6.83. The molecule has 0 aliphatic heterocycles. The second kappa shape index (κ2) is 5.01. The molecule has 0 radical (unpaired) electrons. The molecule has 2 aromatic rings. The highest BCUT2D eigenvalue weighted by Gasteiger charge is 2.11. The van der Waals surface area contributed by atoms with Crippen molar-refractivity contribution in [1.82, 2.24) is 9.97 Å². The van der Waals surface area contributed by atoms with Crippen molar-refractivity contribution in [2.45, 2.75) is 0 Å².